The molecule has 0 saturated heterocycles. The van der Waals surface area contributed by atoms with Crippen LogP contribution in [-0.2, 0) is 6.42 Å². The molecule has 0 fully saturated rings. The Labute approximate surface area is 176 Å². The Morgan fingerprint density at radius 3 is 2.50 bits per heavy atom. The van der Waals surface area contributed by atoms with Crippen LogP contribution < -0.4 is 10.1 Å². The first-order chi connectivity index (χ1) is 14.7. The molecule has 3 aromatic carbocycles. The van der Waals surface area contributed by atoms with Gasteiger partial charge in [-0.15, -0.1) is 0 Å². The number of fused-ring (bicyclic) bond motifs is 1. The zero-order valence-corrected chi connectivity index (χ0v) is 17.1. The molecule has 4 rings (SSSR count). The largest absolute Gasteiger partial charge is 0.493 e. The van der Waals surface area contributed by atoms with Gasteiger partial charge in [0.15, 0.2) is 5.78 Å². The number of para-hydroxylation sites is 1. The number of ether oxygens (including phenoxy) is 1. The average molecular weight is 399 g/mol. The van der Waals surface area contributed by atoms with Crippen LogP contribution in [0.3, 0.4) is 0 Å². The van der Waals surface area contributed by atoms with Gasteiger partial charge in [-0.1, -0.05) is 55.8 Å². The minimum atomic E-state index is -0.214. The smallest absolute Gasteiger partial charge is 0.255 e. The summed E-state index contributed by atoms with van der Waals surface area (Å²) in [6, 6.07) is 20.8. The van der Waals surface area contributed by atoms with Crippen molar-refractivity contribution < 1.29 is 14.3 Å². The van der Waals surface area contributed by atoms with Crippen molar-refractivity contribution in [1.82, 2.24) is 0 Å². The van der Waals surface area contributed by atoms with Gasteiger partial charge in [-0.2, -0.15) is 0 Å². The second-order valence-electron chi connectivity index (χ2n) is 7.46. The minimum Gasteiger partial charge on any atom is -0.493 e. The van der Waals surface area contributed by atoms with Crippen LogP contribution in [0.2, 0.25) is 0 Å². The molecule has 1 amide bonds. The van der Waals surface area contributed by atoms with Crippen LogP contribution >= 0.6 is 0 Å². The number of anilines is 1. The zero-order valence-electron chi connectivity index (χ0n) is 17.1. The molecule has 0 saturated carbocycles. The standard InChI is InChI=1S/C26H25NO3/c1-2-3-17-30-24-12-8-7-11-20(24)19-13-15-22(25-21(19)14-16-23(25)28)27-26(29)18-9-5-4-6-10-18/h4-13,15H,2-3,14,16-17H2,1H3,(H,27,29). The second kappa shape index (κ2) is 8.95. The number of ketones is 1. The summed E-state index contributed by atoms with van der Waals surface area (Å²) in [5.74, 6) is 0.682. The molecular weight excluding hydrogens is 374 g/mol. The molecule has 3 aromatic rings. The van der Waals surface area contributed by atoms with E-state index >= 15 is 0 Å². The van der Waals surface area contributed by atoms with E-state index in [2.05, 4.69) is 12.2 Å². The quantitative estimate of drug-likeness (QED) is 0.502. The van der Waals surface area contributed by atoms with Crippen LogP contribution in [0.15, 0.2) is 66.7 Å². The third-order valence-electron chi connectivity index (χ3n) is 5.41. The Morgan fingerprint density at radius 2 is 1.70 bits per heavy atom. The van der Waals surface area contributed by atoms with E-state index in [1.54, 1.807) is 12.1 Å². The maximum atomic E-state index is 12.7. The van der Waals surface area contributed by atoms with E-state index in [9.17, 15) is 9.59 Å². The summed E-state index contributed by atoms with van der Waals surface area (Å²) in [4.78, 5) is 25.3. The number of Topliss-reactive ketones (excluding diaryl/α,β-unsaturated/α-hetero) is 1. The molecule has 0 bridgehead atoms. The fourth-order valence-electron chi connectivity index (χ4n) is 3.87. The summed E-state index contributed by atoms with van der Waals surface area (Å²) >= 11 is 0. The third kappa shape index (κ3) is 3.99. The highest BCUT2D eigenvalue weighted by atomic mass is 16.5. The van der Waals surface area contributed by atoms with Gasteiger partial charge in [0.1, 0.15) is 5.75 Å². The monoisotopic (exact) mass is 399 g/mol. The molecule has 4 nitrogen and oxygen atoms in total. The summed E-state index contributed by atoms with van der Waals surface area (Å²) < 4.78 is 6.02. The van der Waals surface area contributed by atoms with Gasteiger partial charge in [0.25, 0.3) is 5.91 Å². The maximum Gasteiger partial charge on any atom is 0.255 e. The van der Waals surface area contributed by atoms with E-state index in [1.165, 1.54) is 0 Å². The first-order valence-corrected chi connectivity index (χ1v) is 10.5. The molecule has 1 N–H and O–H groups in total. The minimum absolute atomic E-state index is 0.0691. The number of carbonyl (C=O) groups excluding carboxylic acids is 2. The van der Waals surface area contributed by atoms with E-state index in [4.69, 9.17) is 4.74 Å². The van der Waals surface area contributed by atoms with Gasteiger partial charge in [0.2, 0.25) is 0 Å². The van der Waals surface area contributed by atoms with Crippen molar-refractivity contribution in [2.24, 2.45) is 0 Å². The Kier molecular flexibility index (Phi) is 5.94. The number of hydrogen-bond acceptors (Lipinski definition) is 3. The zero-order chi connectivity index (χ0) is 20.9. The maximum absolute atomic E-state index is 12.7. The molecule has 0 radical (unpaired) electrons. The molecule has 4 heteroatoms. The summed E-state index contributed by atoms with van der Waals surface area (Å²) in [7, 11) is 0. The van der Waals surface area contributed by atoms with Crippen LogP contribution in [0, 0.1) is 0 Å². The lowest BCUT2D eigenvalue weighted by atomic mass is 9.94. The van der Waals surface area contributed by atoms with Gasteiger partial charge in [-0.25, -0.2) is 0 Å². The van der Waals surface area contributed by atoms with E-state index < -0.39 is 0 Å². The molecule has 0 aliphatic heterocycles. The number of unbranched alkanes of at least 4 members (excludes halogenated alkanes) is 1. The highest BCUT2D eigenvalue weighted by molar-refractivity contribution is 6.12. The first-order valence-electron chi connectivity index (χ1n) is 10.5. The lowest BCUT2D eigenvalue weighted by Gasteiger charge is -2.16. The summed E-state index contributed by atoms with van der Waals surface area (Å²) in [6.07, 6.45) is 3.19. The van der Waals surface area contributed by atoms with Crippen LogP contribution in [0.25, 0.3) is 11.1 Å². The highest BCUT2D eigenvalue weighted by Gasteiger charge is 2.27. The molecule has 0 atom stereocenters. The fraction of sp³-hybridized carbons (Fsp3) is 0.231. The lowest BCUT2D eigenvalue weighted by molar-refractivity contribution is 0.0995. The van der Waals surface area contributed by atoms with Gasteiger partial charge in [-0.05, 0) is 48.2 Å². The van der Waals surface area contributed by atoms with Gasteiger partial charge in [0.05, 0.1) is 12.3 Å². The second-order valence-corrected chi connectivity index (χ2v) is 7.46. The van der Waals surface area contributed by atoms with Crippen molar-refractivity contribution in [2.75, 3.05) is 11.9 Å². The summed E-state index contributed by atoms with van der Waals surface area (Å²) in [6.45, 7) is 2.80. The third-order valence-corrected chi connectivity index (χ3v) is 5.41. The normalized spacial score (nSPS) is 12.5. The van der Waals surface area contributed by atoms with Crippen LogP contribution in [0.1, 0.15) is 52.5 Å². The Morgan fingerprint density at radius 1 is 0.933 bits per heavy atom. The number of benzene rings is 3. The first kappa shape index (κ1) is 19.9. The lowest BCUT2D eigenvalue weighted by Crippen LogP contribution is -2.14. The van der Waals surface area contributed by atoms with Crippen molar-refractivity contribution in [1.29, 1.82) is 0 Å². The molecule has 30 heavy (non-hydrogen) atoms. The number of rotatable bonds is 7. The molecule has 0 aromatic heterocycles. The Balaban J connectivity index is 1.70. The van der Waals surface area contributed by atoms with E-state index in [-0.39, 0.29) is 11.7 Å². The van der Waals surface area contributed by atoms with Crippen LogP contribution in [0.4, 0.5) is 5.69 Å². The summed E-state index contributed by atoms with van der Waals surface area (Å²) in [5.41, 5.74) is 4.74. The van der Waals surface area contributed by atoms with E-state index in [0.29, 0.717) is 36.3 Å². The molecule has 0 heterocycles. The van der Waals surface area contributed by atoms with Gasteiger partial charge >= 0.3 is 0 Å². The number of amides is 1. The predicted molar refractivity (Wildman–Crippen MR) is 119 cm³/mol. The van der Waals surface area contributed by atoms with Crippen LogP contribution in [0.5, 0.6) is 5.75 Å². The van der Waals surface area contributed by atoms with Gasteiger partial charge in [0, 0.05) is 23.1 Å². The molecular formula is C26H25NO3. The molecule has 152 valence electrons. The number of nitrogens with one attached hydrogen (secondary N) is 1. The van der Waals surface area contributed by atoms with E-state index in [0.717, 1.165) is 35.3 Å². The van der Waals surface area contributed by atoms with Crippen molar-refractivity contribution >= 4 is 17.4 Å². The fourth-order valence-corrected chi connectivity index (χ4v) is 3.87. The van der Waals surface area contributed by atoms with Gasteiger partial charge in [-0.3, -0.25) is 9.59 Å². The Bertz CT molecular complexity index is 1070. The SMILES string of the molecule is CCCCOc1ccccc1-c1ccc(NC(=O)c2ccccc2)c2c1CCC2=O. The average Bonchev–Trinajstić information content (AvgIpc) is 3.17. The molecule has 1 aliphatic carbocycles. The summed E-state index contributed by atoms with van der Waals surface area (Å²) in [5, 5.41) is 2.93. The predicted octanol–water partition coefficient (Wildman–Crippen LogP) is 5.91. The van der Waals surface area contributed by atoms with Crippen molar-refractivity contribution in [3.8, 4) is 16.9 Å². The van der Waals surface area contributed by atoms with Crippen molar-refractivity contribution in [3.05, 3.63) is 83.4 Å². The van der Waals surface area contributed by atoms with E-state index in [1.807, 2.05) is 54.6 Å². The van der Waals surface area contributed by atoms with Gasteiger partial charge < -0.3 is 10.1 Å². The number of hydrogen-bond donors (Lipinski definition) is 1. The molecule has 0 spiro atoms. The van der Waals surface area contributed by atoms with Crippen LogP contribution in [-0.4, -0.2) is 18.3 Å². The van der Waals surface area contributed by atoms with Crippen molar-refractivity contribution in [2.45, 2.75) is 32.6 Å². The number of carbonyl (C=O) groups is 2. The molecule has 0 unspecified atom stereocenters. The molecule has 1 aliphatic rings. The van der Waals surface area contributed by atoms with Crippen molar-refractivity contribution in [3.63, 3.8) is 0 Å². The Hall–Kier alpha value is -3.40. The topological polar surface area (TPSA) is 55.4 Å². The highest BCUT2D eigenvalue weighted by Crippen LogP contribution is 2.40.